The number of nitrogens with one attached hydrogen (secondary N) is 1. The molecule has 2 rings (SSSR count). The number of fused-ring (bicyclic) bond motifs is 1. The van der Waals surface area contributed by atoms with E-state index < -0.39 is 0 Å². The summed E-state index contributed by atoms with van der Waals surface area (Å²) >= 11 is 0. The number of hydrogen-bond acceptors (Lipinski definition) is 4. The van der Waals surface area contributed by atoms with Crippen molar-refractivity contribution in [3.05, 3.63) is 36.2 Å². The van der Waals surface area contributed by atoms with Crippen molar-refractivity contribution in [1.29, 1.82) is 0 Å². The molecule has 0 saturated carbocycles. The Hall–Kier alpha value is -1.97. The van der Waals surface area contributed by atoms with Crippen molar-refractivity contribution in [3.8, 4) is 0 Å². The number of aromatic nitrogens is 2. The van der Waals surface area contributed by atoms with Gasteiger partial charge < -0.3 is 5.43 Å². The van der Waals surface area contributed by atoms with E-state index in [9.17, 15) is 0 Å². The molecule has 0 atom stereocenters. The Morgan fingerprint density at radius 1 is 1.29 bits per heavy atom. The lowest BCUT2D eigenvalue weighted by molar-refractivity contribution is 0.906. The zero-order chi connectivity index (χ0) is 9.80. The van der Waals surface area contributed by atoms with Gasteiger partial charge in [-0.05, 0) is 12.1 Å². The van der Waals surface area contributed by atoms with Gasteiger partial charge in [-0.1, -0.05) is 12.1 Å². The molecule has 0 aliphatic rings. The van der Waals surface area contributed by atoms with Crippen molar-refractivity contribution >= 4 is 17.2 Å². The summed E-state index contributed by atoms with van der Waals surface area (Å²) in [6.45, 7) is 0. The van der Waals surface area contributed by atoms with Crippen molar-refractivity contribution in [2.24, 2.45) is 5.10 Å². The van der Waals surface area contributed by atoms with Crippen LogP contribution in [0, 0.1) is 0 Å². The Balaban J connectivity index is 2.46. The first-order chi connectivity index (χ1) is 6.90. The van der Waals surface area contributed by atoms with Crippen LogP contribution >= 0.6 is 0 Å². The smallest absolute Gasteiger partial charge is 0.102 e. The Kier molecular flexibility index (Phi) is 2.36. The van der Waals surface area contributed by atoms with E-state index in [1.807, 2.05) is 24.3 Å². The number of nitrogens with zero attached hydrogens (tertiary/aromatic N) is 3. The van der Waals surface area contributed by atoms with Crippen LogP contribution in [-0.2, 0) is 0 Å². The maximum absolute atomic E-state index is 4.36. The summed E-state index contributed by atoms with van der Waals surface area (Å²) in [4.78, 5) is 8.61. The maximum atomic E-state index is 4.36. The summed E-state index contributed by atoms with van der Waals surface area (Å²) in [5.41, 5.74) is 5.19. The van der Waals surface area contributed by atoms with E-state index in [4.69, 9.17) is 0 Å². The van der Waals surface area contributed by atoms with Crippen molar-refractivity contribution in [3.63, 3.8) is 0 Å². The molecule has 0 fully saturated rings. The number of hydrogen-bond donors (Lipinski definition) is 1. The summed E-state index contributed by atoms with van der Waals surface area (Å²) in [5.74, 6) is 0. The summed E-state index contributed by atoms with van der Waals surface area (Å²) in [6.07, 6.45) is 3.34. The van der Waals surface area contributed by atoms with E-state index in [2.05, 4.69) is 20.5 Å². The van der Waals surface area contributed by atoms with Crippen LogP contribution in [0.15, 0.2) is 35.6 Å². The molecule has 2 aromatic rings. The van der Waals surface area contributed by atoms with Crippen molar-refractivity contribution in [2.45, 2.75) is 0 Å². The van der Waals surface area contributed by atoms with E-state index in [1.165, 1.54) is 0 Å². The highest BCUT2D eigenvalue weighted by atomic mass is 15.3. The van der Waals surface area contributed by atoms with Gasteiger partial charge in [-0.3, -0.25) is 4.98 Å². The molecular formula is C10H10N4. The lowest BCUT2D eigenvalue weighted by Crippen LogP contribution is -1.97. The topological polar surface area (TPSA) is 50.2 Å². The SMILES string of the molecule is CN/N=C/c1cnc2ccccc2n1. The molecule has 4 heteroatoms. The highest BCUT2D eigenvalue weighted by Crippen LogP contribution is 2.06. The molecule has 4 nitrogen and oxygen atoms in total. The van der Waals surface area contributed by atoms with Crippen LogP contribution in [0.1, 0.15) is 5.69 Å². The molecule has 1 N–H and O–H groups in total. The second-order valence-electron chi connectivity index (χ2n) is 2.77. The summed E-state index contributed by atoms with van der Waals surface area (Å²) in [6, 6.07) is 7.74. The zero-order valence-corrected chi connectivity index (χ0v) is 7.81. The predicted octanol–water partition coefficient (Wildman–Crippen LogP) is 1.18. The van der Waals surface area contributed by atoms with Crippen LogP contribution in [0.25, 0.3) is 11.0 Å². The molecule has 0 bridgehead atoms. The summed E-state index contributed by atoms with van der Waals surface area (Å²) in [5, 5.41) is 3.87. The molecule has 0 unspecified atom stereocenters. The third-order valence-corrected chi connectivity index (χ3v) is 1.79. The Bertz CT molecular complexity index is 464. The van der Waals surface area contributed by atoms with Crippen LogP contribution < -0.4 is 5.43 Å². The first-order valence-corrected chi connectivity index (χ1v) is 4.32. The van der Waals surface area contributed by atoms with Gasteiger partial charge in [0, 0.05) is 7.05 Å². The van der Waals surface area contributed by atoms with Gasteiger partial charge in [-0.15, -0.1) is 0 Å². The largest absolute Gasteiger partial charge is 0.313 e. The quantitative estimate of drug-likeness (QED) is 0.566. The van der Waals surface area contributed by atoms with E-state index in [1.54, 1.807) is 19.5 Å². The Labute approximate surface area is 81.7 Å². The first kappa shape index (κ1) is 8.62. The molecule has 70 valence electrons. The van der Waals surface area contributed by atoms with E-state index >= 15 is 0 Å². The number of rotatable bonds is 2. The van der Waals surface area contributed by atoms with Crippen LogP contribution in [0.3, 0.4) is 0 Å². The summed E-state index contributed by atoms with van der Waals surface area (Å²) in [7, 11) is 1.74. The fraction of sp³-hybridized carbons (Fsp3) is 0.100. The normalized spacial score (nSPS) is 10.9. The monoisotopic (exact) mass is 186 g/mol. The first-order valence-electron chi connectivity index (χ1n) is 4.32. The second kappa shape index (κ2) is 3.83. The molecule has 1 aromatic carbocycles. The molecule has 1 heterocycles. The van der Waals surface area contributed by atoms with Gasteiger partial charge in [0.15, 0.2) is 0 Å². The lowest BCUT2D eigenvalue weighted by Gasteiger charge is -1.96. The van der Waals surface area contributed by atoms with Gasteiger partial charge in [0.05, 0.1) is 23.4 Å². The van der Waals surface area contributed by atoms with Crippen LogP contribution in [0.4, 0.5) is 0 Å². The van der Waals surface area contributed by atoms with Gasteiger partial charge in [0.1, 0.15) is 5.69 Å². The number of benzene rings is 1. The minimum atomic E-state index is 0.748. The Morgan fingerprint density at radius 2 is 2.07 bits per heavy atom. The molecule has 0 radical (unpaired) electrons. The number of para-hydroxylation sites is 2. The van der Waals surface area contributed by atoms with Crippen LogP contribution in [0.5, 0.6) is 0 Å². The van der Waals surface area contributed by atoms with Crippen molar-refractivity contribution in [1.82, 2.24) is 15.4 Å². The zero-order valence-electron chi connectivity index (χ0n) is 7.81. The molecule has 14 heavy (non-hydrogen) atoms. The molecule has 0 aliphatic heterocycles. The van der Waals surface area contributed by atoms with Crippen molar-refractivity contribution in [2.75, 3.05) is 7.05 Å². The van der Waals surface area contributed by atoms with Crippen LogP contribution in [0.2, 0.25) is 0 Å². The molecular weight excluding hydrogens is 176 g/mol. The standard InChI is InChI=1S/C10H10N4/c1-11-13-7-8-6-12-9-4-2-3-5-10(9)14-8/h2-7,11H,1H3/b13-7+. The molecule has 0 saturated heterocycles. The minimum Gasteiger partial charge on any atom is -0.313 e. The molecule has 0 amide bonds. The minimum absolute atomic E-state index is 0.748. The summed E-state index contributed by atoms with van der Waals surface area (Å²) < 4.78 is 0. The van der Waals surface area contributed by atoms with Gasteiger partial charge in [-0.25, -0.2) is 4.98 Å². The fourth-order valence-corrected chi connectivity index (χ4v) is 1.16. The fourth-order valence-electron chi connectivity index (χ4n) is 1.16. The lowest BCUT2D eigenvalue weighted by atomic mass is 10.3. The van der Waals surface area contributed by atoms with Gasteiger partial charge in [0.25, 0.3) is 0 Å². The van der Waals surface area contributed by atoms with Crippen LogP contribution in [-0.4, -0.2) is 23.2 Å². The van der Waals surface area contributed by atoms with Gasteiger partial charge in [0.2, 0.25) is 0 Å². The molecule has 0 aliphatic carbocycles. The predicted molar refractivity (Wildman–Crippen MR) is 56.2 cm³/mol. The third kappa shape index (κ3) is 1.69. The Morgan fingerprint density at radius 3 is 2.86 bits per heavy atom. The highest BCUT2D eigenvalue weighted by Gasteiger charge is 1.95. The third-order valence-electron chi connectivity index (χ3n) is 1.79. The van der Waals surface area contributed by atoms with Gasteiger partial charge in [-0.2, -0.15) is 5.10 Å². The second-order valence-corrected chi connectivity index (χ2v) is 2.77. The average molecular weight is 186 g/mol. The number of hydrazone groups is 1. The van der Waals surface area contributed by atoms with E-state index in [0.29, 0.717) is 0 Å². The van der Waals surface area contributed by atoms with Gasteiger partial charge >= 0.3 is 0 Å². The van der Waals surface area contributed by atoms with E-state index in [0.717, 1.165) is 16.7 Å². The molecule has 1 aromatic heterocycles. The highest BCUT2D eigenvalue weighted by molar-refractivity contribution is 5.81. The maximum Gasteiger partial charge on any atom is 0.102 e. The average Bonchev–Trinajstić information content (AvgIpc) is 2.26. The van der Waals surface area contributed by atoms with Crippen molar-refractivity contribution < 1.29 is 0 Å². The van der Waals surface area contributed by atoms with E-state index in [-0.39, 0.29) is 0 Å². The molecule has 0 spiro atoms.